The van der Waals surface area contributed by atoms with E-state index in [1.165, 1.54) is 24.1 Å². The Morgan fingerprint density at radius 2 is 1.56 bits per heavy atom. The molecule has 0 aliphatic heterocycles. The van der Waals surface area contributed by atoms with Gasteiger partial charge in [-0.25, -0.2) is 8.42 Å². The number of methoxy groups -OCH3 is 1. The van der Waals surface area contributed by atoms with Gasteiger partial charge in [0.05, 0.1) is 17.7 Å². The summed E-state index contributed by atoms with van der Waals surface area (Å²) < 4.78 is 34.5. The molecule has 39 heavy (non-hydrogen) atoms. The van der Waals surface area contributed by atoms with E-state index < -0.39 is 28.5 Å². The van der Waals surface area contributed by atoms with E-state index in [0.29, 0.717) is 12.2 Å². The minimum atomic E-state index is -4.17. The smallest absolute Gasteiger partial charge is 0.264 e. The van der Waals surface area contributed by atoms with Gasteiger partial charge in [0.15, 0.2) is 0 Å². The summed E-state index contributed by atoms with van der Waals surface area (Å²) in [7, 11) is -2.72. The first kappa shape index (κ1) is 29.7. The van der Waals surface area contributed by atoms with E-state index in [1.807, 2.05) is 64.1 Å². The number of benzene rings is 3. The van der Waals surface area contributed by atoms with E-state index in [-0.39, 0.29) is 29.1 Å². The largest absolute Gasteiger partial charge is 0.495 e. The van der Waals surface area contributed by atoms with Crippen LogP contribution in [0.15, 0.2) is 83.8 Å². The lowest BCUT2D eigenvalue weighted by Crippen LogP contribution is -2.53. The molecule has 0 saturated carbocycles. The third-order valence-corrected chi connectivity index (χ3v) is 8.00. The van der Waals surface area contributed by atoms with E-state index >= 15 is 0 Å². The molecule has 1 atom stereocenters. The van der Waals surface area contributed by atoms with E-state index in [4.69, 9.17) is 4.74 Å². The van der Waals surface area contributed by atoms with Gasteiger partial charge in [-0.15, -0.1) is 0 Å². The van der Waals surface area contributed by atoms with Crippen molar-refractivity contribution < 1.29 is 22.7 Å². The molecule has 2 amide bonds. The molecule has 0 unspecified atom stereocenters. The number of anilines is 1. The van der Waals surface area contributed by atoms with Crippen LogP contribution in [0.4, 0.5) is 5.69 Å². The number of nitrogens with zero attached hydrogens (tertiary/aromatic N) is 2. The van der Waals surface area contributed by atoms with E-state index in [1.54, 1.807) is 30.3 Å². The van der Waals surface area contributed by atoms with E-state index in [0.717, 1.165) is 15.4 Å². The maximum atomic E-state index is 14.1. The number of aryl methyl sites for hydroxylation is 1. The van der Waals surface area contributed by atoms with E-state index in [9.17, 15) is 18.0 Å². The highest BCUT2D eigenvalue weighted by Crippen LogP contribution is 2.33. The highest BCUT2D eigenvalue weighted by atomic mass is 32.2. The number of amides is 2. The highest BCUT2D eigenvalue weighted by molar-refractivity contribution is 7.92. The fraction of sp³-hybridized carbons (Fsp3) is 0.333. The van der Waals surface area contributed by atoms with Gasteiger partial charge in [0.1, 0.15) is 18.3 Å². The lowest BCUT2D eigenvalue weighted by Gasteiger charge is -2.34. The van der Waals surface area contributed by atoms with Crippen molar-refractivity contribution in [3.05, 3.63) is 90.0 Å². The molecule has 0 radical (unpaired) electrons. The molecule has 0 bridgehead atoms. The van der Waals surface area contributed by atoms with Gasteiger partial charge in [0.25, 0.3) is 10.0 Å². The van der Waals surface area contributed by atoms with Gasteiger partial charge in [-0.2, -0.15) is 0 Å². The molecule has 3 aromatic carbocycles. The SMILES string of the molecule is CC[C@@H](C(=O)NC(C)C)N(Cc1ccccc1)C(=O)CN(c1cc(C)ccc1OC)S(=O)(=O)c1ccccc1. The molecule has 3 rings (SSSR count). The Hall–Kier alpha value is -3.85. The van der Waals surface area contributed by atoms with Crippen molar-refractivity contribution in [1.29, 1.82) is 0 Å². The summed E-state index contributed by atoms with van der Waals surface area (Å²) in [4.78, 5) is 28.8. The van der Waals surface area contributed by atoms with Gasteiger partial charge in [-0.1, -0.05) is 61.5 Å². The molecule has 9 heteroatoms. The van der Waals surface area contributed by atoms with Crippen LogP contribution in [0.5, 0.6) is 5.75 Å². The van der Waals surface area contributed by atoms with Crippen molar-refractivity contribution >= 4 is 27.5 Å². The molecule has 0 aromatic heterocycles. The summed E-state index contributed by atoms with van der Waals surface area (Å²) in [5.74, 6) is -0.484. The molecule has 0 aliphatic carbocycles. The molecular formula is C30H37N3O5S. The minimum absolute atomic E-state index is 0.0422. The Bertz CT molecular complexity index is 1360. The molecule has 1 N–H and O–H groups in total. The Morgan fingerprint density at radius 3 is 2.13 bits per heavy atom. The van der Waals surface area contributed by atoms with Crippen molar-refractivity contribution in [2.24, 2.45) is 0 Å². The number of hydrogen-bond acceptors (Lipinski definition) is 5. The number of ether oxygens (including phenoxy) is 1. The van der Waals surface area contributed by atoms with E-state index in [2.05, 4.69) is 5.32 Å². The van der Waals surface area contributed by atoms with Crippen LogP contribution in [-0.2, 0) is 26.2 Å². The summed E-state index contributed by atoms with van der Waals surface area (Å²) in [5.41, 5.74) is 1.87. The summed E-state index contributed by atoms with van der Waals surface area (Å²) in [6, 6.07) is 21.5. The number of carbonyl (C=O) groups excluding carboxylic acids is 2. The summed E-state index contributed by atoms with van der Waals surface area (Å²) in [5, 5.41) is 2.90. The second-order valence-electron chi connectivity index (χ2n) is 9.59. The summed E-state index contributed by atoms with van der Waals surface area (Å²) in [6.07, 6.45) is 0.357. The number of nitrogens with one attached hydrogen (secondary N) is 1. The summed E-state index contributed by atoms with van der Waals surface area (Å²) >= 11 is 0. The number of carbonyl (C=O) groups is 2. The van der Waals surface area contributed by atoms with Gasteiger partial charge < -0.3 is 15.0 Å². The first-order valence-electron chi connectivity index (χ1n) is 12.9. The zero-order valence-electron chi connectivity index (χ0n) is 23.1. The normalized spacial score (nSPS) is 12.1. The van der Waals surface area contributed by atoms with Crippen LogP contribution in [0.25, 0.3) is 0 Å². The second kappa shape index (κ2) is 13.3. The van der Waals surface area contributed by atoms with Crippen LogP contribution >= 0.6 is 0 Å². The van der Waals surface area contributed by atoms with Crippen LogP contribution in [-0.4, -0.2) is 50.9 Å². The first-order valence-corrected chi connectivity index (χ1v) is 14.4. The molecule has 0 saturated heterocycles. The zero-order chi connectivity index (χ0) is 28.6. The Kier molecular flexibility index (Phi) is 10.1. The summed E-state index contributed by atoms with van der Waals surface area (Å²) in [6.45, 7) is 7.00. The topological polar surface area (TPSA) is 96.0 Å². The third kappa shape index (κ3) is 7.38. The maximum Gasteiger partial charge on any atom is 0.264 e. The zero-order valence-corrected chi connectivity index (χ0v) is 23.9. The first-order chi connectivity index (χ1) is 18.6. The third-order valence-electron chi connectivity index (χ3n) is 6.23. The monoisotopic (exact) mass is 551 g/mol. The molecule has 208 valence electrons. The molecule has 0 spiro atoms. The number of hydrogen-bond donors (Lipinski definition) is 1. The van der Waals surface area contributed by atoms with Crippen molar-refractivity contribution in [2.45, 2.75) is 57.6 Å². The number of rotatable bonds is 12. The highest BCUT2D eigenvalue weighted by Gasteiger charge is 2.34. The predicted molar refractivity (Wildman–Crippen MR) is 153 cm³/mol. The quantitative estimate of drug-likeness (QED) is 0.357. The van der Waals surface area contributed by atoms with Crippen LogP contribution in [0, 0.1) is 6.92 Å². The average Bonchev–Trinajstić information content (AvgIpc) is 2.92. The maximum absolute atomic E-state index is 14.1. The van der Waals surface area contributed by atoms with Gasteiger partial charge >= 0.3 is 0 Å². The Morgan fingerprint density at radius 1 is 0.949 bits per heavy atom. The second-order valence-corrected chi connectivity index (χ2v) is 11.5. The number of sulfonamides is 1. The minimum Gasteiger partial charge on any atom is -0.495 e. The molecule has 0 aliphatic rings. The molecular weight excluding hydrogens is 514 g/mol. The van der Waals surface area contributed by atoms with Crippen molar-refractivity contribution in [3.8, 4) is 5.75 Å². The van der Waals surface area contributed by atoms with Gasteiger partial charge in [-0.3, -0.25) is 13.9 Å². The fourth-order valence-corrected chi connectivity index (χ4v) is 5.75. The van der Waals surface area contributed by atoms with Gasteiger partial charge in [-0.05, 0) is 62.6 Å². The Labute approximate surface area is 231 Å². The lowest BCUT2D eigenvalue weighted by molar-refractivity contribution is -0.140. The van der Waals surface area contributed by atoms with Crippen LogP contribution in [0.1, 0.15) is 38.3 Å². The van der Waals surface area contributed by atoms with Crippen molar-refractivity contribution in [1.82, 2.24) is 10.2 Å². The molecule has 3 aromatic rings. The van der Waals surface area contributed by atoms with Crippen LogP contribution < -0.4 is 14.4 Å². The van der Waals surface area contributed by atoms with Gasteiger partial charge in [0, 0.05) is 12.6 Å². The van der Waals surface area contributed by atoms with Crippen molar-refractivity contribution in [3.63, 3.8) is 0 Å². The van der Waals surface area contributed by atoms with Gasteiger partial charge in [0.2, 0.25) is 11.8 Å². The fourth-order valence-electron chi connectivity index (χ4n) is 4.31. The predicted octanol–water partition coefficient (Wildman–Crippen LogP) is 4.53. The Balaban J connectivity index is 2.11. The standard InChI is InChI=1S/C30H37N3O5S/c1-6-26(30(35)31-22(2)3)32(20-24-13-9-7-10-14-24)29(34)21-33(27-19-23(4)17-18-28(27)38-5)39(36,37)25-15-11-8-12-16-25/h7-19,22,26H,6,20-21H2,1-5H3,(H,31,35)/t26-/m0/s1. The van der Waals surface area contributed by atoms with Crippen molar-refractivity contribution in [2.75, 3.05) is 18.0 Å². The average molecular weight is 552 g/mol. The molecule has 0 fully saturated rings. The van der Waals surface area contributed by atoms with Crippen LogP contribution in [0.3, 0.4) is 0 Å². The van der Waals surface area contributed by atoms with Crippen LogP contribution in [0.2, 0.25) is 0 Å². The lowest BCUT2D eigenvalue weighted by atomic mass is 10.1. The molecule has 8 nitrogen and oxygen atoms in total. The molecule has 0 heterocycles.